The zero-order valence-corrected chi connectivity index (χ0v) is 10.3. The van der Waals surface area contributed by atoms with Crippen LogP contribution in [-0.4, -0.2) is 15.2 Å². The Hall–Kier alpha value is -1.80. The fourth-order valence-corrected chi connectivity index (χ4v) is 2.10. The summed E-state index contributed by atoms with van der Waals surface area (Å²) in [6.45, 7) is 2.07. The van der Waals surface area contributed by atoms with Gasteiger partial charge in [-0.25, -0.2) is 4.98 Å². The number of nitrogens with one attached hydrogen (secondary N) is 1. The van der Waals surface area contributed by atoms with Gasteiger partial charge in [-0.3, -0.25) is 5.10 Å². The Balaban J connectivity index is 1.93. The van der Waals surface area contributed by atoms with Gasteiger partial charge in [-0.1, -0.05) is 17.7 Å². The Morgan fingerprint density at radius 1 is 1.35 bits per heavy atom. The summed E-state index contributed by atoms with van der Waals surface area (Å²) in [6.07, 6.45) is 0.256. The van der Waals surface area contributed by atoms with Crippen LogP contribution >= 0.6 is 11.8 Å². The number of H-pyrrole nitrogens is 1. The van der Waals surface area contributed by atoms with Crippen LogP contribution in [-0.2, 0) is 12.2 Å². The van der Waals surface area contributed by atoms with Crippen LogP contribution in [0.15, 0.2) is 29.2 Å². The maximum absolute atomic E-state index is 8.51. The number of aromatic nitrogens is 3. The second kappa shape index (κ2) is 5.51. The zero-order valence-electron chi connectivity index (χ0n) is 9.47. The molecular weight excluding hydrogens is 232 g/mol. The maximum atomic E-state index is 8.51. The van der Waals surface area contributed by atoms with Crippen LogP contribution < -0.4 is 0 Å². The van der Waals surface area contributed by atoms with Crippen molar-refractivity contribution < 1.29 is 0 Å². The van der Waals surface area contributed by atoms with Gasteiger partial charge in [0.1, 0.15) is 5.82 Å². The summed E-state index contributed by atoms with van der Waals surface area (Å²) in [5.74, 6) is 2.11. The molecule has 0 radical (unpaired) electrons. The van der Waals surface area contributed by atoms with E-state index in [4.69, 9.17) is 5.26 Å². The quantitative estimate of drug-likeness (QED) is 0.839. The van der Waals surface area contributed by atoms with Crippen molar-refractivity contribution in [2.45, 2.75) is 24.0 Å². The minimum Gasteiger partial charge on any atom is -0.262 e. The molecule has 0 saturated heterocycles. The van der Waals surface area contributed by atoms with E-state index in [0.29, 0.717) is 5.82 Å². The van der Waals surface area contributed by atoms with Gasteiger partial charge in [0.2, 0.25) is 0 Å². The monoisotopic (exact) mass is 244 g/mol. The van der Waals surface area contributed by atoms with E-state index in [1.54, 1.807) is 11.8 Å². The molecule has 2 aromatic rings. The van der Waals surface area contributed by atoms with E-state index in [-0.39, 0.29) is 6.42 Å². The summed E-state index contributed by atoms with van der Waals surface area (Å²) >= 11 is 1.70. The number of rotatable bonds is 4. The van der Waals surface area contributed by atoms with E-state index in [9.17, 15) is 0 Å². The van der Waals surface area contributed by atoms with E-state index in [1.165, 1.54) is 10.5 Å². The van der Waals surface area contributed by atoms with E-state index < -0.39 is 0 Å². The number of aryl methyl sites for hydroxylation is 1. The summed E-state index contributed by atoms with van der Waals surface area (Å²) < 4.78 is 0. The predicted molar refractivity (Wildman–Crippen MR) is 66.4 cm³/mol. The zero-order chi connectivity index (χ0) is 12.1. The molecule has 2 rings (SSSR count). The van der Waals surface area contributed by atoms with E-state index >= 15 is 0 Å². The van der Waals surface area contributed by atoms with E-state index in [2.05, 4.69) is 46.4 Å². The van der Waals surface area contributed by atoms with Gasteiger partial charge in [-0.15, -0.1) is 11.8 Å². The number of nitriles is 1. The lowest BCUT2D eigenvalue weighted by atomic mass is 10.2. The molecule has 86 valence electrons. The molecule has 1 N–H and O–H groups in total. The van der Waals surface area contributed by atoms with Crippen molar-refractivity contribution in [2.75, 3.05) is 0 Å². The van der Waals surface area contributed by atoms with Crippen LogP contribution in [0, 0.1) is 18.3 Å². The summed E-state index contributed by atoms with van der Waals surface area (Å²) in [5, 5.41) is 15.3. The van der Waals surface area contributed by atoms with Gasteiger partial charge < -0.3 is 0 Å². The van der Waals surface area contributed by atoms with Gasteiger partial charge in [0.15, 0.2) is 5.82 Å². The second-order valence-electron chi connectivity index (χ2n) is 3.63. The molecule has 5 heteroatoms. The van der Waals surface area contributed by atoms with Crippen molar-refractivity contribution in [2.24, 2.45) is 0 Å². The van der Waals surface area contributed by atoms with Crippen molar-refractivity contribution in [3.63, 3.8) is 0 Å². The van der Waals surface area contributed by atoms with Crippen molar-refractivity contribution in [3.8, 4) is 6.07 Å². The summed E-state index contributed by atoms with van der Waals surface area (Å²) in [5.41, 5.74) is 1.25. The minimum atomic E-state index is 0.256. The first kappa shape index (κ1) is 11.7. The highest BCUT2D eigenvalue weighted by molar-refractivity contribution is 7.98. The molecular formula is C12H12N4S. The lowest BCUT2D eigenvalue weighted by Crippen LogP contribution is -1.86. The first-order valence-corrected chi connectivity index (χ1v) is 6.23. The molecule has 17 heavy (non-hydrogen) atoms. The number of hydrogen-bond donors (Lipinski definition) is 1. The van der Waals surface area contributed by atoms with Crippen LogP contribution in [0.1, 0.15) is 17.2 Å². The predicted octanol–water partition coefficient (Wildman–Crippen LogP) is 2.47. The third kappa shape index (κ3) is 3.33. The van der Waals surface area contributed by atoms with Crippen LogP contribution in [0.2, 0.25) is 0 Å². The SMILES string of the molecule is Cc1ccc(SCc2nc(CC#N)n[nH]2)cc1. The van der Waals surface area contributed by atoms with Crippen LogP contribution in [0.3, 0.4) is 0 Å². The fraction of sp³-hybridized carbons (Fsp3) is 0.250. The van der Waals surface area contributed by atoms with Crippen LogP contribution in [0.4, 0.5) is 0 Å². The van der Waals surface area contributed by atoms with Gasteiger partial charge in [-0.2, -0.15) is 10.4 Å². The first-order chi connectivity index (χ1) is 8.28. The summed E-state index contributed by atoms with van der Waals surface area (Å²) in [7, 11) is 0. The normalized spacial score (nSPS) is 10.1. The van der Waals surface area contributed by atoms with Crippen LogP contribution in [0.5, 0.6) is 0 Å². The van der Waals surface area contributed by atoms with Gasteiger partial charge in [0, 0.05) is 4.90 Å². The Morgan fingerprint density at radius 2 is 2.12 bits per heavy atom. The first-order valence-electron chi connectivity index (χ1n) is 5.24. The topological polar surface area (TPSA) is 65.4 Å². The van der Waals surface area contributed by atoms with Gasteiger partial charge in [0.05, 0.1) is 18.2 Å². The average Bonchev–Trinajstić information content (AvgIpc) is 2.77. The molecule has 0 aliphatic rings. The summed E-state index contributed by atoms with van der Waals surface area (Å²) in [4.78, 5) is 5.43. The van der Waals surface area contributed by atoms with Crippen molar-refractivity contribution in [3.05, 3.63) is 41.5 Å². The van der Waals surface area contributed by atoms with Crippen molar-refractivity contribution in [1.82, 2.24) is 15.2 Å². The number of aromatic amines is 1. The molecule has 1 aromatic heterocycles. The highest BCUT2D eigenvalue weighted by atomic mass is 32.2. The van der Waals surface area contributed by atoms with Crippen molar-refractivity contribution >= 4 is 11.8 Å². The Bertz CT molecular complexity index is 524. The third-order valence-corrected chi connectivity index (χ3v) is 3.24. The van der Waals surface area contributed by atoms with Crippen LogP contribution in [0.25, 0.3) is 0 Å². The lowest BCUT2D eigenvalue weighted by molar-refractivity contribution is 0.986. The smallest absolute Gasteiger partial charge is 0.164 e. The number of thioether (sulfide) groups is 1. The Labute approximate surface area is 104 Å². The maximum Gasteiger partial charge on any atom is 0.164 e. The molecule has 1 heterocycles. The van der Waals surface area contributed by atoms with Gasteiger partial charge in [0.25, 0.3) is 0 Å². The molecule has 0 spiro atoms. The Kier molecular flexibility index (Phi) is 3.78. The standard InChI is InChI=1S/C12H12N4S/c1-9-2-4-10(5-3-9)17-8-12-14-11(6-7-13)15-16-12/h2-5H,6,8H2,1H3,(H,14,15,16). The van der Waals surface area contributed by atoms with Gasteiger partial charge in [-0.05, 0) is 19.1 Å². The molecule has 0 aliphatic carbocycles. The molecule has 0 fully saturated rings. The average molecular weight is 244 g/mol. The van der Waals surface area contributed by atoms with Gasteiger partial charge >= 0.3 is 0 Å². The number of benzene rings is 1. The largest absolute Gasteiger partial charge is 0.262 e. The minimum absolute atomic E-state index is 0.256. The molecule has 0 atom stereocenters. The van der Waals surface area contributed by atoms with E-state index in [1.807, 2.05) is 6.07 Å². The van der Waals surface area contributed by atoms with Crippen molar-refractivity contribution in [1.29, 1.82) is 5.26 Å². The lowest BCUT2D eigenvalue weighted by Gasteiger charge is -1.99. The molecule has 4 nitrogen and oxygen atoms in total. The number of hydrogen-bond acceptors (Lipinski definition) is 4. The fourth-order valence-electron chi connectivity index (χ4n) is 1.34. The molecule has 1 aromatic carbocycles. The molecule has 0 bridgehead atoms. The molecule has 0 aliphatic heterocycles. The second-order valence-corrected chi connectivity index (χ2v) is 4.68. The Morgan fingerprint density at radius 3 is 2.82 bits per heavy atom. The molecule has 0 saturated carbocycles. The summed E-state index contributed by atoms with van der Waals surface area (Å²) in [6, 6.07) is 10.4. The van der Waals surface area contributed by atoms with E-state index in [0.717, 1.165) is 11.6 Å². The third-order valence-electron chi connectivity index (χ3n) is 2.21. The molecule has 0 amide bonds. The number of nitrogens with zero attached hydrogens (tertiary/aromatic N) is 3. The molecule has 0 unspecified atom stereocenters. The highest BCUT2D eigenvalue weighted by Crippen LogP contribution is 2.21. The highest BCUT2D eigenvalue weighted by Gasteiger charge is 2.03.